The second-order valence-corrected chi connectivity index (χ2v) is 6.66. The number of aromatic nitrogens is 3. The Balaban J connectivity index is 1.61. The van der Waals surface area contributed by atoms with E-state index in [9.17, 15) is 9.18 Å². The van der Waals surface area contributed by atoms with Gasteiger partial charge in [-0.05, 0) is 24.3 Å². The first-order valence-corrected chi connectivity index (χ1v) is 9.54. The summed E-state index contributed by atoms with van der Waals surface area (Å²) in [4.78, 5) is 12.1. The molecule has 0 aliphatic carbocycles. The summed E-state index contributed by atoms with van der Waals surface area (Å²) in [5.41, 5.74) is 0.151. The van der Waals surface area contributed by atoms with Crippen LogP contribution >= 0.6 is 11.8 Å². The molecule has 0 radical (unpaired) electrons. The minimum absolute atomic E-state index is 0.0726. The first-order valence-electron chi connectivity index (χ1n) is 8.55. The van der Waals surface area contributed by atoms with E-state index in [1.807, 2.05) is 34.9 Å². The number of ether oxygens (including phenoxy) is 1. The van der Waals surface area contributed by atoms with Gasteiger partial charge in [0.2, 0.25) is 5.91 Å². The number of anilines is 1. The van der Waals surface area contributed by atoms with Crippen LogP contribution in [0.2, 0.25) is 0 Å². The Bertz CT molecular complexity index is 946. The number of hydrogen-bond donors (Lipinski definition) is 1. The number of para-hydroxylation sites is 2. The molecule has 0 aliphatic heterocycles. The van der Waals surface area contributed by atoms with Crippen molar-refractivity contribution in [1.82, 2.24) is 14.8 Å². The van der Waals surface area contributed by atoms with Gasteiger partial charge < -0.3 is 10.1 Å². The fraction of sp³-hybridized carbons (Fsp3) is 0.150. The second kappa shape index (κ2) is 9.70. The SMILES string of the molecule is C=CCn1c(COc2ccccc2)nnc1SCC(=O)Nc1ccccc1F. The zero-order valence-corrected chi connectivity index (χ0v) is 15.9. The van der Waals surface area contributed by atoms with E-state index in [1.165, 1.54) is 23.9 Å². The van der Waals surface area contributed by atoms with E-state index < -0.39 is 5.82 Å². The van der Waals surface area contributed by atoms with Crippen LogP contribution in [0, 0.1) is 5.82 Å². The highest BCUT2D eigenvalue weighted by atomic mass is 32.2. The lowest BCUT2D eigenvalue weighted by Gasteiger charge is -2.09. The Kier molecular flexibility index (Phi) is 6.80. The Morgan fingerprint density at radius 1 is 1.18 bits per heavy atom. The van der Waals surface area contributed by atoms with E-state index in [0.29, 0.717) is 17.5 Å². The van der Waals surface area contributed by atoms with Crippen LogP contribution in [-0.2, 0) is 17.9 Å². The normalized spacial score (nSPS) is 10.5. The summed E-state index contributed by atoms with van der Waals surface area (Å²) in [5.74, 6) is 0.625. The van der Waals surface area contributed by atoms with Crippen LogP contribution in [-0.4, -0.2) is 26.4 Å². The number of halogens is 1. The summed E-state index contributed by atoms with van der Waals surface area (Å²) in [6.45, 7) is 4.48. The third-order valence-electron chi connectivity index (χ3n) is 3.70. The number of amides is 1. The molecule has 0 fully saturated rings. The van der Waals surface area contributed by atoms with Crippen molar-refractivity contribution >= 4 is 23.4 Å². The number of thioether (sulfide) groups is 1. The molecule has 1 aromatic heterocycles. The van der Waals surface area contributed by atoms with Gasteiger partial charge in [0.1, 0.15) is 18.2 Å². The Morgan fingerprint density at radius 2 is 1.93 bits per heavy atom. The van der Waals surface area contributed by atoms with Gasteiger partial charge in [0, 0.05) is 6.54 Å². The number of nitrogens with zero attached hydrogens (tertiary/aromatic N) is 3. The molecule has 3 rings (SSSR count). The molecule has 3 aromatic rings. The van der Waals surface area contributed by atoms with E-state index >= 15 is 0 Å². The van der Waals surface area contributed by atoms with Crippen molar-refractivity contribution in [3.63, 3.8) is 0 Å². The fourth-order valence-electron chi connectivity index (χ4n) is 2.39. The van der Waals surface area contributed by atoms with Crippen molar-refractivity contribution in [2.75, 3.05) is 11.1 Å². The lowest BCUT2D eigenvalue weighted by molar-refractivity contribution is -0.113. The number of nitrogens with one attached hydrogen (secondary N) is 1. The van der Waals surface area contributed by atoms with E-state index in [2.05, 4.69) is 22.1 Å². The zero-order chi connectivity index (χ0) is 19.8. The molecule has 0 bridgehead atoms. The Morgan fingerprint density at radius 3 is 2.68 bits per heavy atom. The smallest absolute Gasteiger partial charge is 0.234 e. The molecule has 0 spiro atoms. The summed E-state index contributed by atoms with van der Waals surface area (Å²) < 4.78 is 21.2. The number of rotatable bonds is 9. The molecule has 6 nitrogen and oxygen atoms in total. The molecule has 144 valence electrons. The van der Waals surface area contributed by atoms with Crippen molar-refractivity contribution in [2.24, 2.45) is 0 Å². The molecule has 0 atom stereocenters. The highest BCUT2D eigenvalue weighted by Gasteiger charge is 2.14. The topological polar surface area (TPSA) is 69.0 Å². The predicted octanol–water partition coefficient (Wildman–Crippen LogP) is 3.91. The van der Waals surface area contributed by atoms with Crippen LogP contribution in [0.25, 0.3) is 0 Å². The molecule has 28 heavy (non-hydrogen) atoms. The van der Waals surface area contributed by atoms with Crippen LogP contribution in [0.4, 0.5) is 10.1 Å². The molecule has 1 N–H and O–H groups in total. The van der Waals surface area contributed by atoms with Crippen molar-refractivity contribution in [3.8, 4) is 5.75 Å². The largest absolute Gasteiger partial charge is 0.486 e. The monoisotopic (exact) mass is 398 g/mol. The van der Waals surface area contributed by atoms with Gasteiger partial charge in [0.25, 0.3) is 0 Å². The van der Waals surface area contributed by atoms with Crippen LogP contribution in [0.3, 0.4) is 0 Å². The molecule has 0 unspecified atom stereocenters. The molecule has 1 heterocycles. The molecule has 0 saturated carbocycles. The van der Waals surface area contributed by atoms with Gasteiger partial charge in [-0.25, -0.2) is 4.39 Å². The van der Waals surface area contributed by atoms with Crippen molar-refractivity contribution in [1.29, 1.82) is 0 Å². The molecule has 2 aromatic carbocycles. The maximum atomic E-state index is 13.6. The van der Waals surface area contributed by atoms with Gasteiger partial charge >= 0.3 is 0 Å². The average molecular weight is 398 g/mol. The lowest BCUT2D eigenvalue weighted by atomic mass is 10.3. The predicted molar refractivity (Wildman–Crippen MR) is 107 cm³/mol. The third kappa shape index (κ3) is 5.20. The summed E-state index contributed by atoms with van der Waals surface area (Å²) in [7, 11) is 0. The van der Waals surface area contributed by atoms with Crippen molar-refractivity contribution in [3.05, 3.63) is 78.9 Å². The molecular formula is C20H19FN4O2S. The molecule has 0 saturated heterocycles. The molecular weight excluding hydrogens is 379 g/mol. The van der Waals surface area contributed by atoms with E-state index in [-0.39, 0.29) is 24.0 Å². The van der Waals surface area contributed by atoms with Gasteiger partial charge in [-0.3, -0.25) is 9.36 Å². The van der Waals surface area contributed by atoms with Gasteiger partial charge in [-0.1, -0.05) is 48.2 Å². The average Bonchev–Trinajstić information content (AvgIpc) is 3.09. The number of allylic oxidation sites excluding steroid dienone is 1. The fourth-order valence-corrected chi connectivity index (χ4v) is 3.16. The zero-order valence-electron chi connectivity index (χ0n) is 15.0. The maximum absolute atomic E-state index is 13.6. The molecule has 0 aliphatic rings. The maximum Gasteiger partial charge on any atom is 0.234 e. The number of hydrogen-bond acceptors (Lipinski definition) is 5. The summed E-state index contributed by atoms with van der Waals surface area (Å²) in [5, 5.41) is 11.4. The minimum atomic E-state index is -0.476. The number of benzene rings is 2. The van der Waals surface area contributed by atoms with Gasteiger partial charge in [-0.2, -0.15) is 0 Å². The number of carbonyl (C=O) groups is 1. The quantitative estimate of drug-likeness (QED) is 0.437. The summed E-state index contributed by atoms with van der Waals surface area (Å²) in [6.07, 6.45) is 1.72. The van der Waals surface area contributed by atoms with Crippen LogP contribution in [0.1, 0.15) is 5.82 Å². The van der Waals surface area contributed by atoms with Crippen LogP contribution in [0.15, 0.2) is 72.4 Å². The Hall–Kier alpha value is -3.13. The molecule has 1 amide bonds. The van der Waals surface area contributed by atoms with Crippen LogP contribution in [0.5, 0.6) is 5.75 Å². The van der Waals surface area contributed by atoms with Crippen molar-refractivity contribution in [2.45, 2.75) is 18.3 Å². The first-order chi connectivity index (χ1) is 13.7. The number of carbonyl (C=O) groups excluding carboxylic acids is 1. The van der Waals surface area contributed by atoms with E-state index in [4.69, 9.17) is 4.74 Å². The lowest BCUT2D eigenvalue weighted by Crippen LogP contribution is -2.15. The van der Waals surface area contributed by atoms with Gasteiger partial charge in [0.05, 0.1) is 11.4 Å². The van der Waals surface area contributed by atoms with Crippen LogP contribution < -0.4 is 10.1 Å². The molecule has 8 heteroatoms. The second-order valence-electron chi connectivity index (χ2n) is 5.72. The van der Waals surface area contributed by atoms with Crippen molar-refractivity contribution < 1.29 is 13.9 Å². The first kappa shape index (κ1) is 19.6. The minimum Gasteiger partial charge on any atom is -0.486 e. The Labute approximate surface area is 166 Å². The van der Waals surface area contributed by atoms with E-state index in [0.717, 1.165) is 5.75 Å². The standard InChI is InChI=1S/C20H19FN4O2S/c1-2-12-25-18(13-27-15-8-4-3-5-9-15)23-24-20(25)28-14-19(26)22-17-11-7-6-10-16(17)21/h2-11H,1,12-14H2,(H,22,26). The third-order valence-corrected chi connectivity index (χ3v) is 4.66. The van der Waals surface area contributed by atoms with Gasteiger partial charge in [-0.15, -0.1) is 16.8 Å². The highest BCUT2D eigenvalue weighted by molar-refractivity contribution is 7.99. The highest BCUT2D eigenvalue weighted by Crippen LogP contribution is 2.20. The van der Waals surface area contributed by atoms with Gasteiger partial charge in [0.15, 0.2) is 11.0 Å². The van der Waals surface area contributed by atoms with E-state index in [1.54, 1.807) is 18.2 Å². The summed E-state index contributed by atoms with van der Waals surface area (Å²) >= 11 is 1.21. The summed E-state index contributed by atoms with van der Waals surface area (Å²) in [6, 6.07) is 15.4.